The number of amides is 2. The predicted octanol–water partition coefficient (Wildman–Crippen LogP) is 2.26. The molecule has 26 heavy (non-hydrogen) atoms. The maximum Gasteiger partial charge on any atom is 0.276 e. The van der Waals surface area contributed by atoms with Gasteiger partial charge in [0.1, 0.15) is 0 Å². The Labute approximate surface area is 154 Å². The molecule has 0 bridgehead atoms. The first kappa shape index (κ1) is 17.5. The Balaban J connectivity index is 1.36. The number of carbonyl (C=O) groups excluding carboxylic acids is 2. The SMILES string of the molecule is O=C1CCCN1C[C@H]1CCCN(C(=O)c2cn(C3CCCCC3)nn2)C1. The van der Waals surface area contributed by atoms with Crippen molar-refractivity contribution in [1.82, 2.24) is 24.8 Å². The van der Waals surface area contributed by atoms with Gasteiger partial charge < -0.3 is 9.80 Å². The number of piperidine rings is 1. The Morgan fingerprint density at radius 1 is 1.08 bits per heavy atom. The fraction of sp³-hybridized carbons (Fsp3) is 0.789. The smallest absolute Gasteiger partial charge is 0.276 e. The van der Waals surface area contributed by atoms with E-state index >= 15 is 0 Å². The van der Waals surface area contributed by atoms with Crippen molar-refractivity contribution in [2.45, 2.75) is 63.8 Å². The van der Waals surface area contributed by atoms with E-state index in [4.69, 9.17) is 0 Å². The third-order valence-corrected chi connectivity index (χ3v) is 6.13. The van der Waals surface area contributed by atoms with Crippen molar-refractivity contribution < 1.29 is 9.59 Å². The zero-order chi connectivity index (χ0) is 17.9. The fourth-order valence-electron chi connectivity index (χ4n) is 4.67. The highest BCUT2D eigenvalue weighted by atomic mass is 16.2. The van der Waals surface area contributed by atoms with Crippen molar-refractivity contribution in [3.63, 3.8) is 0 Å². The van der Waals surface area contributed by atoms with Crippen LogP contribution in [0, 0.1) is 5.92 Å². The van der Waals surface area contributed by atoms with Crippen molar-refractivity contribution in [1.29, 1.82) is 0 Å². The summed E-state index contributed by atoms with van der Waals surface area (Å²) < 4.78 is 1.90. The van der Waals surface area contributed by atoms with E-state index in [0.29, 0.717) is 24.1 Å². The van der Waals surface area contributed by atoms with Crippen molar-refractivity contribution in [3.8, 4) is 0 Å². The van der Waals surface area contributed by atoms with E-state index in [2.05, 4.69) is 10.3 Å². The molecule has 3 heterocycles. The summed E-state index contributed by atoms with van der Waals surface area (Å²) in [7, 11) is 0. The number of nitrogens with zero attached hydrogens (tertiary/aromatic N) is 5. The first-order valence-corrected chi connectivity index (χ1v) is 10.2. The maximum absolute atomic E-state index is 12.9. The molecule has 3 aliphatic rings. The second-order valence-corrected chi connectivity index (χ2v) is 8.08. The lowest BCUT2D eigenvalue weighted by atomic mass is 9.96. The van der Waals surface area contributed by atoms with Gasteiger partial charge in [0.25, 0.3) is 5.91 Å². The molecule has 0 N–H and O–H groups in total. The molecule has 1 atom stereocenters. The molecule has 142 valence electrons. The van der Waals surface area contributed by atoms with E-state index in [1.54, 1.807) is 0 Å². The Kier molecular flexibility index (Phi) is 5.22. The molecular formula is C19H29N5O2. The third kappa shape index (κ3) is 3.76. The number of hydrogen-bond donors (Lipinski definition) is 0. The van der Waals surface area contributed by atoms with Crippen LogP contribution in [0.3, 0.4) is 0 Å². The Morgan fingerprint density at radius 2 is 1.92 bits per heavy atom. The molecule has 2 aliphatic heterocycles. The lowest BCUT2D eigenvalue weighted by Crippen LogP contribution is -2.44. The molecule has 0 aromatic carbocycles. The average molecular weight is 359 g/mol. The van der Waals surface area contributed by atoms with Crippen LogP contribution in [0.4, 0.5) is 0 Å². The van der Waals surface area contributed by atoms with Crippen molar-refractivity contribution in [2.75, 3.05) is 26.2 Å². The molecule has 1 aliphatic carbocycles. The summed E-state index contributed by atoms with van der Waals surface area (Å²) in [6.07, 6.45) is 11.6. The average Bonchev–Trinajstić information content (AvgIpc) is 3.32. The summed E-state index contributed by atoms with van der Waals surface area (Å²) in [4.78, 5) is 28.6. The molecule has 2 saturated heterocycles. The van der Waals surface area contributed by atoms with Crippen LogP contribution >= 0.6 is 0 Å². The highest BCUT2D eigenvalue weighted by molar-refractivity contribution is 5.92. The van der Waals surface area contributed by atoms with Crippen LogP contribution < -0.4 is 0 Å². The minimum Gasteiger partial charge on any atom is -0.342 e. The highest BCUT2D eigenvalue weighted by Gasteiger charge is 2.30. The minimum atomic E-state index is -0.00971. The maximum atomic E-state index is 12.9. The van der Waals surface area contributed by atoms with Crippen LogP contribution in [0.5, 0.6) is 0 Å². The molecule has 1 aromatic heterocycles. The standard InChI is InChI=1S/C19H29N5O2/c25-18-9-5-10-22(18)12-15-6-4-11-23(13-15)19(26)17-14-24(21-20-17)16-7-2-1-3-8-16/h14-16H,1-13H2/t15-/m1/s1. The molecule has 7 heteroatoms. The molecule has 0 unspecified atom stereocenters. The van der Waals surface area contributed by atoms with Crippen molar-refractivity contribution in [2.24, 2.45) is 5.92 Å². The van der Waals surface area contributed by atoms with Gasteiger partial charge in [0.15, 0.2) is 5.69 Å². The molecule has 0 radical (unpaired) electrons. The van der Waals surface area contributed by atoms with Crippen LogP contribution in [0.2, 0.25) is 0 Å². The second-order valence-electron chi connectivity index (χ2n) is 8.08. The van der Waals surface area contributed by atoms with Gasteiger partial charge in [0, 0.05) is 32.6 Å². The van der Waals surface area contributed by atoms with Gasteiger partial charge >= 0.3 is 0 Å². The summed E-state index contributed by atoms with van der Waals surface area (Å²) in [6, 6.07) is 0.396. The zero-order valence-electron chi connectivity index (χ0n) is 15.5. The lowest BCUT2D eigenvalue weighted by Gasteiger charge is -2.34. The quantitative estimate of drug-likeness (QED) is 0.827. The van der Waals surface area contributed by atoms with Crippen LogP contribution in [-0.4, -0.2) is 62.8 Å². The van der Waals surface area contributed by atoms with Gasteiger partial charge in [-0.25, -0.2) is 4.68 Å². The summed E-state index contributed by atoms with van der Waals surface area (Å²) in [6.45, 7) is 3.16. The summed E-state index contributed by atoms with van der Waals surface area (Å²) >= 11 is 0. The van der Waals surface area contributed by atoms with Crippen LogP contribution in [-0.2, 0) is 4.79 Å². The third-order valence-electron chi connectivity index (χ3n) is 6.13. The van der Waals surface area contributed by atoms with Crippen molar-refractivity contribution >= 4 is 11.8 Å². The predicted molar refractivity (Wildman–Crippen MR) is 96.6 cm³/mol. The summed E-state index contributed by atoms with van der Waals surface area (Å²) in [5.41, 5.74) is 0.466. The molecule has 0 spiro atoms. The van der Waals surface area contributed by atoms with E-state index < -0.39 is 0 Å². The van der Waals surface area contributed by atoms with Crippen LogP contribution in [0.25, 0.3) is 0 Å². The van der Waals surface area contributed by atoms with Gasteiger partial charge in [0.05, 0.1) is 12.2 Å². The normalized spacial score (nSPS) is 25.1. The van der Waals surface area contributed by atoms with Gasteiger partial charge in [-0.05, 0) is 38.0 Å². The number of aromatic nitrogens is 3. The number of carbonyl (C=O) groups is 2. The molecule has 7 nitrogen and oxygen atoms in total. The number of hydrogen-bond acceptors (Lipinski definition) is 4. The van der Waals surface area contributed by atoms with E-state index in [9.17, 15) is 9.59 Å². The molecule has 3 fully saturated rings. The fourth-order valence-corrected chi connectivity index (χ4v) is 4.67. The first-order valence-electron chi connectivity index (χ1n) is 10.2. The molecule has 1 saturated carbocycles. The Bertz CT molecular complexity index is 652. The molecular weight excluding hydrogens is 330 g/mol. The highest BCUT2D eigenvalue weighted by Crippen LogP contribution is 2.27. The Hall–Kier alpha value is -1.92. The van der Waals surface area contributed by atoms with E-state index in [0.717, 1.165) is 58.3 Å². The molecule has 4 rings (SSSR count). The first-order chi connectivity index (χ1) is 12.7. The minimum absolute atomic E-state index is 0.00971. The van der Waals surface area contributed by atoms with Gasteiger partial charge in [0.2, 0.25) is 5.91 Å². The topological polar surface area (TPSA) is 71.3 Å². The second kappa shape index (κ2) is 7.76. The largest absolute Gasteiger partial charge is 0.342 e. The van der Waals surface area contributed by atoms with Crippen LogP contribution in [0.1, 0.15) is 74.3 Å². The van der Waals surface area contributed by atoms with Crippen LogP contribution in [0.15, 0.2) is 6.20 Å². The van der Waals surface area contributed by atoms with E-state index in [1.165, 1.54) is 19.3 Å². The summed E-state index contributed by atoms with van der Waals surface area (Å²) in [5.74, 6) is 0.636. The molecule has 2 amide bonds. The lowest BCUT2D eigenvalue weighted by molar-refractivity contribution is -0.128. The van der Waals surface area contributed by atoms with Gasteiger partial charge in [-0.3, -0.25) is 9.59 Å². The summed E-state index contributed by atoms with van der Waals surface area (Å²) in [5, 5.41) is 8.40. The van der Waals surface area contributed by atoms with Gasteiger partial charge in [-0.1, -0.05) is 24.5 Å². The number of rotatable bonds is 4. The molecule has 1 aromatic rings. The van der Waals surface area contributed by atoms with E-state index in [-0.39, 0.29) is 11.8 Å². The monoisotopic (exact) mass is 359 g/mol. The van der Waals surface area contributed by atoms with Gasteiger partial charge in [-0.2, -0.15) is 0 Å². The number of likely N-dealkylation sites (tertiary alicyclic amines) is 2. The zero-order valence-corrected chi connectivity index (χ0v) is 15.5. The van der Waals surface area contributed by atoms with Gasteiger partial charge in [-0.15, -0.1) is 5.10 Å². The Morgan fingerprint density at radius 3 is 2.69 bits per heavy atom. The van der Waals surface area contributed by atoms with E-state index in [1.807, 2.05) is 20.7 Å². The van der Waals surface area contributed by atoms with Crippen molar-refractivity contribution in [3.05, 3.63) is 11.9 Å².